The molecule has 33 heavy (non-hydrogen) atoms. The molecule has 170 valence electrons. The van der Waals surface area contributed by atoms with Crippen LogP contribution in [0.25, 0.3) is 10.8 Å². The topological polar surface area (TPSA) is 28.1 Å². The molecule has 4 nitrogen and oxygen atoms in total. The highest BCUT2D eigenvalue weighted by Gasteiger charge is 2.58. The predicted octanol–water partition coefficient (Wildman–Crippen LogP) is 6.77. The van der Waals surface area contributed by atoms with E-state index in [-0.39, 0.29) is 5.41 Å². The summed E-state index contributed by atoms with van der Waals surface area (Å²) in [4.78, 5) is 11.2. The van der Waals surface area contributed by atoms with E-state index in [1.54, 1.807) is 11.8 Å². The summed E-state index contributed by atoms with van der Waals surface area (Å²) in [5.74, 6) is 0.884. The van der Waals surface area contributed by atoms with Gasteiger partial charge in [-0.05, 0) is 63.1 Å². The maximum absolute atomic E-state index is 7.05. The molecule has 3 aliphatic heterocycles. The summed E-state index contributed by atoms with van der Waals surface area (Å²) >= 11 is 1.78. The summed E-state index contributed by atoms with van der Waals surface area (Å²) < 4.78 is 7.05. The number of aliphatic imine (C=N–C) groups is 1. The van der Waals surface area contributed by atoms with E-state index in [0.717, 1.165) is 24.5 Å². The molecule has 0 saturated carbocycles. The lowest BCUT2D eigenvalue weighted by atomic mass is 9.77. The second-order valence-electron chi connectivity index (χ2n) is 9.96. The van der Waals surface area contributed by atoms with E-state index in [9.17, 15) is 0 Å². The summed E-state index contributed by atoms with van der Waals surface area (Å²) in [7, 11) is 2.13. The van der Waals surface area contributed by atoms with Gasteiger partial charge in [0, 0.05) is 53.2 Å². The first-order chi connectivity index (χ1) is 16.0. The molecule has 0 aromatic heterocycles. The van der Waals surface area contributed by atoms with E-state index in [4.69, 9.17) is 9.73 Å². The molecule has 1 unspecified atom stereocenters. The van der Waals surface area contributed by atoms with Crippen LogP contribution in [0.5, 0.6) is 5.75 Å². The zero-order valence-electron chi connectivity index (χ0n) is 19.9. The van der Waals surface area contributed by atoms with Crippen LogP contribution in [0, 0.1) is 0 Å². The van der Waals surface area contributed by atoms with E-state index in [1.807, 2.05) is 6.21 Å². The van der Waals surface area contributed by atoms with Crippen LogP contribution in [-0.4, -0.2) is 38.3 Å². The highest BCUT2D eigenvalue weighted by molar-refractivity contribution is 7.98. The Kier molecular flexibility index (Phi) is 4.70. The lowest BCUT2D eigenvalue weighted by Crippen LogP contribution is -2.61. The third kappa shape index (κ3) is 2.87. The van der Waals surface area contributed by atoms with Crippen LogP contribution >= 0.6 is 11.8 Å². The van der Waals surface area contributed by atoms with Crippen molar-refractivity contribution < 1.29 is 4.74 Å². The van der Waals surface area contributed by atoms with Crippen LogP contribution in [0.3, 0.4) is 0 Å². The Bertz CT molecular complexity index is 1280. The summed E-state index contributed by atoms with van der Waals surface area (Å²) in [6.07, 6.45) is 7.99. The molecule has 0 N–H and O–H groups in total. The van der Waals surface area contributed by atoms with Crippen molar-refractivity contribution in [3.63, 3.8) is 0 Å². The van der Waals surface area contributed by atoms with Gasteiger partial charge < -0.3 is 14.5 Å². The van der Waals surface area contributed by atoms with Crippen molar-refractivity contribution in [2.24, 2.45) is 4.99 Å². The number of benzene rings is 3. The van der Waals surface area contributed by atoms with Gasteiger partial charge >= 0.3 is 0 Å². The van der Waals surface area contributed by atoms with Crippen molar-refractivity contribution >= 4 is 45.8 Å². The first kappa shape index (κ1) is 20.9. The highest BCUT2D eigenvalue weighted by atomic mass is 32.2. The highest BCUT2D eigenvalue weighted by Crippen LogP contribution is 2.55. The first-order valence-corrected chi connectivity index (χ1v) is 13.2. The Morgan fingerprint density at radius 1 is 0.939 bits per heavy atom. The molecule has 1 fully saturated rings. The average molecular weight is 458 g/mol. The van der Waals surface area contributed by atoms with Crippen molar-refractivity contribution in [2.45, 2.75) is 49.1 Å². The molecule has 0 amide bonds. The summed E-state index contributed by atoms with van der Waals surface area (Å²) in [5.41, 5.74) is 3.81. The Morgan fingerprint density at radius 2 is 1.70 bits per heavy atom. The smallest absolute Gasteiger partial charge is 0.228 e. The van der Waals surface area contributed by atoms with Gasteiger partial charge in [0.15, 0.2) is 5.75 Å². The maximum atomic E-state index is 7.05. The van der Waals surface area contributed by atoms with Crippen LogP contribution in [0.1, 0.15) is 38.7 Å². The van der Waals surface area contributed by atoms with Crippen molar-refractivity contribution in [1.82, 2.24) is 0 Å². The largest absolute Gasteiger partial charge is 0.459 e. The monoisotopic (exact) mass is 457 g/mol. The second kappa shape index (κ2) is 7.42. The van der Waals surface area contributed by atoms with Crippen LogP contribution in [0.4, 0.5) is 17.1 Å². The molecule has 3 aromatic carbocycles. The molecule has 3 aliphatic rings. The number of nitrogens with zero attached hydrogens (tertiary/aromatic N) is 3. The summed E-state index contributed by atoms with van der Waals surface area (Å²) in [6.45, 7) is 6.77. The number of thioether (sulfide) groups is 1. The number of anilines is 2. The summed E-state index contributed by atoms with van der Waals surface area (Å²) in [5, 5.41) is 2.43. The Labute approximate surface area is 200 Å². The normalized spacial score (nSPS) is 23.0. The standard InChI is InChI=1S/C28H31N3OS/c1-27(2)22-16-19(33-4)12-13-23(22)30(3)28(27)18-29-26-21-11-7-6-10-20(21)24(17-25(26)32-28)31-14-8-5-9-15-31/h6-7,10-13,16-18H,5,8-9,14-15H2,1-4H3. The molecule has 3 aromatic rings. The van der Waals surface area contributed by atoms with Crippen LogP contribution < -0.4 is 14.5 Å². The number of piperidine rings is 1. The van der Waals surface area contributed by atoms with Gasteiger partial charge in [0.2, 0.25) is 5.72 Å². The Morgan fingerprint density at radius 3 is 2.45 bits per heavy atom. The lowest BCUT2D eigenvalue weighted by molar-refractivity contribution is 0.0826. The van der Waals surface area contributed by atoms with Gasteiger partial charge in [-0.2, -0.15) is 0 Å². The van der Waals surface area contributed by atoms with E-state index in [2.05, 4.69) is 85.5 Å². The SMILES string of the molecule is CSc1ccc2c(c1)C(C)(C)C1(C=Nc3c(cc(N4CCCCC4)c4ccccc34)O1)N2C. The lowest BCUT2D eigenvalue weighted by Gasteiger charge is -2.45. The van der Waals surface area contributed by atoms with Crippen molar-refractivity contribution in [2.75, 3.05) is 36.2 Å². The minimum absolute atomic E-state index is 0.263. The van der Waals surface area contributed by atoms with E-state index < -0.39 is 5.72 Å². The predicted molar refractivity (Wildman–Crippen MR) is 141 cm³/mol. The van der Waals surface area contributed by atoms with Gasteiger partial charge in [0.25, 0.3) is 0 Å². The molecule has 0 radical (unpaired) electrons. The van der Waals surface area contributed by atoms with Gasteiger partial charge in [0.1, 0.15) is 5.69 Å². The molecular formula is C28H31N3OS. The fraction of sp³-hybridized carbons (Fsp3) is 0.393. The molecule has 6 rings (SSSR count). The molecule has 0 aliphatic carbocycles. The number of fused-ring (bicyclic) bond motifs is 4. The minimum Gasteiger partial charge on any atom is -0.459 e. The number of likely N-dealkylation sites (N-methyl/N-ethyl adjacent to an activating group) is 1. The third-order valence-electron chi connectivity index (χ3n) is 7.92. The third-order valence-corrected chi connectivity index (χ3v) is 8.65. The van der Waals surface area contributed by atoms with Crippen LogP contribution in [0.15, 0.2) is 58.4 Å². The number of ether oxygens (including phenoxy) is 1. The van der Waals surface area contributed by atoms with Crippen molar-refractivity contribution in [1.29, 1.82) is 0 Å². The molecule has 3 heterocycles. The Balaban J connectivity index is 1.51. The second-order valence-corrected chi connectivity index (χ2v) is 10.8. The van der Waals surface area contributed by atoms with Gasteiger partial charge in [-0.1, -0.05) is 24.3 Å². The maximum Gasteiger partial charge on any atom is 0.228 e. The van der Waals surface area contributed by atoms with Crippen LogP contribution in [-0.2, 0) is 5.41 Å². The Hall–Kier alpha value is -2.66. The molecule has 1 spiro atoms. The fourth-order valence-corrected chi connectivity index (χ4v) is 6.38. The zero-order chi connectivity index (χ0) is 22.8. The average Bonchev–Trinajstić information content (AvgIpc) is 3.01. The molecule has 0 bridgehead atoms. The first-order valence-electron chi connectivity index (χ1n) is 11.9. The van der Waals surface area contributed by atoms with Crippen molar-refractivity contribution in [3.05, 3.63) is 54.1 Å². The van der Waals surface area contributed by atoms with E-state index in [1.165, 1.54) is 51.9 Å². The van der Waals surface area contributed by atoms with Gasteiger partial charge in [0.05, 0.1) is 11.6 Å². The number of hydrogen-bond donors (Lipinski definition) is 0. The van der Waals surface area contributed by atoms with E-state index >= 15 is 0 Å². The fourth-order valence-electron chi connectivity index (χ4n) is 5.94. The molecule has 1 atom stereocenters. The van der Waals surface area contributed by atoms with Crippen LogP contribution in [0.2, 0.25) is 0 Å². The van der Waals surface area contributed by atoms with Crippen molar-refractivity contribution in [3.8, 4) is 5.75 Å². The molecule has 1 saturated heterocycles. The number of rotatable bonds is 2. The van der Waals surface area contributed by atoms with Gasteiger partial charge in [-0.15, -0.1) is 11.8 Å². The minimum atomic E-state index is -0.666. The number of hydrogen-bond acceptors (Lipinski definition) is 5. The zero-order valence-corrected chi connectivity index (χ0v) is 20.7. The van der Waals surface area contributed by atoms with Gasteiger partial charge in [-0.3, -0.25) is 4.99 Å². The molecular weight excluding hydrogens is 426 g/mol. The van der Waals surface area contributed by atoms with Gasteiger partial charge in [-0.25, -0.2) is 0 Å². The molecule has 5 heteroatoms. The van der Waals surface area contributed by atoms with E-state index in [0.29, 0.717) is 0 Å². The summed E-state index contributed by atoms with van der Waals surface area (Å²) in [6, 6.07) is 17.6. The quantitative estimate of drug-likeness (QED) is 0.397.